The summed E-state index contributed by atoms with van der Waals surface area (Å²) in [5.41, 5.74) is 0.484. The van der Waals surface area contributed by atoms with Gasteiger partial charge in [0, 0.05) is 44.3 Å². The van der Waals surface area contributed by atoms with E-state index in [1.807, 2.05) is 16.7 Å². The van der Waals surface area contributed by atoms with Gasteiger partial charge in [0.05, 0.1) is 25.3 Å². The summed E-state index contributed by atoms with van der Waals surface area (Å²) in [6.07, 6.45) is 4.23. The average molecular weight is 452 g/mol. The van der Waals surface area contributed by atoms with Gasteiger partial charge in [-0.15, -0.1) is 0 Å². The molecule has 3 rings (SSSR count). The second kappa shape index (κ2) is 11.0. The number of piperidine rings is 1. The maximum Gasteiger partial charge on any atom is 0.254 e. The Labute approximate surface area is 190 Å². The molecule has 2 aliphatic rings. The van der Waals surface area contributed by atoms with E-state index < -0.39 is 0 Å². The maximum absolute atomic E-state index is 13.0. The Morgan fingerprint density at radius 2 is 1.87 bits per heavy atom. The smallest absolute Gasteiger partial charge is 0.254 e. The molecule has 0 radical (unpaired) electrons. The van der Waals surface area contributed by atoms with Gasteiger partial charge in [-0.2, -0.15) is 0 Å². The van der Waals surface area contributed by atoms with E-state index in [1.54, 1.807) is 12.1 Å². The molecule has 2 aliphatic heterocycles. The van der Waals surface area contributed by atoms with E-state index in [0.29, 0.717) is 67.5 Å². The lowest BCUT2D eigenvalue weighted by atomic mass is 10.0. The molecule has 0 saturated carbocycles. The Hall–Kier alpha value is -1.99. The number of methoxy groups -OCH3 is 1. The van der Waals surface area contributed by atoms with Crippen molar-refractivity contribution in [2.45, 2.75) is 45.6 Å². The molecule has 172 valence electrons. The SMILES string of the molecule is CCCOc1c(Cl)cc(C(=O)N2CCN(CC(=O)N3CCCCC3C)CC2)cc1OC. The van der Waals surface area contributed by atoms with Gasteiger partial charge in [-0.05, 0) is 44.7 Å². The fourth-order valence-electron chi connectivity index (χ4n) is 4.23. The van der Waals surface area contributed by atoms with Crippen LogP contribution in [0.15, 0.2) is 12.1 Å². The molecule has 1 aromatic rings. The molecule has 2 heterocycles. The number of carbonyl (C=O) groups excluding carboxylic acids is 2. The Kier molecular flexibility index (Phi) is 8.43. The molecule has 2 amide bonds. The summed E-state index contributed by atoms with van der Waals surface area (Å²) in [4.78, 5) is 31.7. The molecule has 2 fully saturated rings. The van der Waals surface area contributed by atoms with Crippen LogP contribution in [0, 0.1) is 0 Å². The maximum atomic E-state index is 13.0. The molecule has 7 nitrogen and oxygen atoms in total. The highest BCUT2D eigenvalue weighted by Gasteiger charge is 2.28. The Balaban J connectivity index is 1.57. The van der Waals surface area contributed by atoms with E-state index in [4.69, 9.17) is 21.1 Å². The molecule has 0 bridgehead atoms. The van der Waals surface area contributed by atoms with E-state index in [0.717, 1.165) is 25.8 Å². The van der Waals surface area contributed by atoms with Crippen LogP contribution in [-0.2, 0) is 4.79 Å². The number of halogens is 1. The third-order valence-corrected chi connectivity index (χ3v) is 6.35. The third kappa shape index (κ3) is 5.83. The van der Waals surface area contributed by atoms with Gasteiger partial charge in [0.25, 0.3) is 5.91 Å². The van der Waals surface area contributed by atoms with E-state index in [1.165, 1.54) is 13.5 Å². The number of likely N-dealkylation sites (tertiary alicyclic amines) is 1. The van der Waals surface area contributed by atoms with Crippen molar-refractivity contribution in [1.82, 2.24) is 14.7 Å². The van der Waals surface area contributed by atoms with Crippen LogP contribution in [0.4, 0.5) is 0 Å². The molecule has 1 aromatic carbocycles. The number of benzene rings is 1. The number of nitrogens with zero attached hydrogens (tertiary/aromatic N) is 3. The summed E-state index contributed by atoms with van der Waals surface area (Å²) in [6.45, 7) is 8.48. The number of rotatable bonds is 7. The highest BCUT2D eigenvalue weighted by Crippen LogP contribution is 2.37. The van der Waals surface area contributed by atoms with Crippen LogP contribution in [0.2, 0.25) is 5.02 Å². The van der Waals surface area contributed by atoms with Gasteiger partial charge in [-0.1, -0.05) is 18.5 Å². The minimum Gasteiger partial charge on any atom is -0.493 e. The number of carbonyl (C=O) groups is 2. The van der Waals surface area contributed by atoms with Crippen molar-refractivity contribution >= 4 is 23.4 Å². The van der Waals surface area contributed by atoms with Crippen LogP contribution >= 0.6 is 11.6 Å². The third-order valence-electron chi connectivity index (χ3n) is 6.07. The molecule has 0 aromatic heterocycles. The van der Waals surface area contributed by atoms with Crippen LogP contribution in [0.25, 0.3) is 0 Å². The second-order valence-electron chi connectivity index (χ2n) is 8.34. The molecule has 2 saturated heterocycles. The lowest BCUT2D eigenvalue weighted by Gasteiger charge is -2.38. The van der Waals surface area contributed by atoms with E-state index in [-0.39, 0.29) is 11.8 Å². The lowest BCUT2D eigenvalue weighted by molar-refractivity contribution is -0.136. The van der Waals surface area contributed by atoms with Crippen LogP contribution in [0.3, 0.4) is 0 Å². The van der Waals surface area contributed by atoms with Crippen molar-refractivity contribution in [3.8, 4) is 11.5 Å². The lowest BCUT2D eigenvalue weighted by Crippen LogP contribution is -2.53. The number of hydrogen-bond donors (Lipinski definition) is 0. The summed E-state index contributed by atoms with van der Waals surface area (Å²) in [7, 11) is 1.54. The highest BCUT2D eigenvalue weighted by atomic mass is 35.5. The molecule has 0 aliphatic carbocycles. The number of piperazine rings is 1. The molecule has 0 spiro atoms. The van der Waals surface area contributed by atoms with Crippen molar-refractivity contribution < 1.29 is 19.1 Å². The minimum absolute atomic E-state index is 0.0853. The molecular weight excluding hydrogens is 418 g/mol. The quantitative estimate of drug-likeness (QED) is 0.636. The molecule has 31 heavy (non-hydrogen) atoms. The molecule has 1 unspecified atom stereocenters. The summed E-state index contributed by atoms with van der Waals surface area (Å²) < 4.78 is 11.1. The van der Waals surface area contributed by atoms with Crippen molar-refractivity contribution in [2.75, 3.05) is 53.0 Å². The zero-order valence-corrected chi connectivity index (χ0v) is 19.6. The normalized spacial score (nSPS) is 19.9. The van der Waals surface area contributed by atoms with Crippen molar-refractivity contribution in [1.29, 1.82) is 0 Å². The van der Waals surface area contributed by atoms with E-state index in [9.17, 15) is 9.59 Å². The van der Waals surface area contributed by atoms with Gasteiger partial charge in [0.15, 0.2) is 11.5 Å². The monoisotopic (exact) mass is 451 g/mol. The van der Waals surface area contributed by atoms with E-state index >= 15 is 0 Å². The first-order valence-corrected chi connectivity index (χ1v) is 11.6. The average Bonchev–Trinajstić information content (AvgIpc) is 2.78. The van der Waals surface area contributed by atoms with Gasteiger partial charge in [0.1, 0.15) is 0 Å². The minimum atomic E-state index is -0.0853. The predicted octanol–water partition coefficient (Wildman–Crippen LogP) is 3.30. The van der Waals surface area contributed by atoms with Gasteiger partial charge in [0.2, 0.25) is 5.91 Å². The predicted molar refractivity (Wildman–Crippen MR) is 121 cm³/mol. The summed E-state index contributed by atoms with van der Waals surface area (Å²) >= 11 is 6.37. The van der Waals surface area contributed by atoms with Gasteiger partial charge in [-0.25, -0.2) is 0 Å². The zero-order valence-electron chi connectivity index (χ0n) is 18.9. The van der Waals surface area contributed by atoms with Crippen LogP contribution < -0.4 is 9.47 Å². The van der Waals surface area contributed by atoms with Gasteiger partial charge in [-0.3, -0.25) is 14.5 Å². The topological polar surface area (TPSA) is 62.3 Å². The Bertz CT molecular complexity index is 780. The van der Waals surface area contributed by atoms with Crippen molar-refractivity contribution in [3.63, 3.8) is 0 Å². The Morgan fingerprint density at radius 1 is 1.13 bits per heavy atom. The second-order valence-corrected chi connectivity index (χ2v) is 8.75. The van der Waals surface area contributed by atoms with Crippen molar-refractivity contribution in [3.05, 3.63) is 22.7 Å². The standard InChI is InChI=1S/C23H34ClN3O4/c1-4-13-31-22-19(24)14-18(15-20(22)30-3)23(29)26-11-9-25(10-12-26)16-21(28)27-8-6-5-7-17(27)2/h14-15,17H,4-13,16H2,1-3H3. The first-order chi connectivity index (χ1) is 14.9. The highest BCUT2D eigenvalue weighted by molar-refractivity contribution is 6.32. The van der Waals surface area contributed by atoms with Crippen LogP contribution in [-0.4, -0.2) is 85.5 Å². The van der Waals surface area contributed by atoms with E-state index in [2.05, 4.69) is 11.8 Å². The number of amides is 2. The van der Waals surface area contributed by atoms with Crippen LogP contribution in [0.1, 0.15) is 49.9 Å². The molecule has 8 heteroatoms. The first-order valence-electron chi connectivity index (χ1n) is 11.3. The zero-order chi connectivity index (χ0) is 22.4. The molecule has 0 N–H and O–H groups in total. The van der Waals surface area contributed by atoms with Gasteiger partial charge < -0.3 is 19.3 Å². The summed E-state index contributed by atoms with van der Waals surface area (Å²) in [5.74, 6) is 1.05. The fourth-order valence-corrected chi connectivity index (χ4v) is 4.50. The summed E-state index contributed by atoms with van der Waals surface area (Å²) in [6, 6.07) is 3.66. The molecule has 1 atom stereocenters. The Morgan fingerprint density at radius 3 is 2.52 bits per heavy atom. The number of hydrogen-bond acceptors (Lipinski definition) is 5. The summed E-state index contributed by atoms with van der Waals surface area (Å²) in [5, 5.41) is 0.371. The number of ether oxygens (including phenoxy) is 2. The van der Waals surface area contributed by atoms with Crippen LogP contribution in [0.5, 0.6) is 11.5 Å². The molecular formula is C23H34ClN3O4. The van der Waals surface area contributed by atoms with Gasteiger partial charge >= 0.3 is 0 Å². The largest absolute Gasteiger partial charge is 0.493 e. The first kappa shape index (κ1) is 23.7. The fraction of sp³-hybridized carbons (Fsp3) is 0.652. The van der Waals surface area contributed by atoms with Crippen molar-refractivity contribution in [2.24, 2.45) is 0 Å².